The summed E-state index contributed by atoms with van der Waals surface area (Å²) >= 11 is 7.60. The van der Waals surface area contributed by atoms with Crippen molar-refractivity contribution in [1.29, 1.82) is 0 Å². The summed E-state index contributed by atoms with van der Waals surface area (Å²) in [6.45, 7) is 2.71. The van der Waals surface area contributed by atoms with Gasteiger partial charge in [-0.2, -0.15) is 0 Å². The highest BCUT2D eigenvalue weighted by molar-refractivity contribution is 7.15. The predicted octanol–water partition coefficient (Wildman–Crippen LogP) is 3.53. The van der Waals surface area contributed by atoms with Crippen molar-refractivity contribution in [3.63, 3.8) is 0 Å². The van der Waals surface area contributed by atoms with E-state index in [1.165, 1.54) is 11.4 Å². The molecule has 3 aromatic rings. The Bertz CT molecular complexity index is 712. The number of nitrogens with zero attached hydrogens (tertiary/aromatic N) is 2. The van der Waals surface area contributed by atoms with E-state index in [0.29, 0.717) is 6.54 Å². The van der Waals surface area contributed by atoms with E-state index < -0.39 is 0 Å². The summed E-state index contributed by atoms with van der Waals surface area (Å²) in [4.78, 5) is 5.75. The zero-order valence-corrected chi connectivity index (χ0v) is 12.1. The summed E-state index contributed by atoms with van der Waals surface area (Å²) in [5.41, 5.74) is 10.2. The maximum absolute atomic E-state index is 5.94. The van der Waals surface area contributed by atoms with E-state index in [1.54, 1.807) is 11.3 Å². The Morgan fingerprint density at radius 3 is 2.74 bits per heavy atom. The third-order valence-electron chi connectivity index (χ3n) is 3.13. The highest BCUT2D eigenvalue weighted by atomic mass is 35.5. The number of aromatic nitrogens is 2. The molecule has 0 aliphatic carbocycles. The molecule has 0 radical (unpaired) electrons. The Kier molecular flexibility index (Phi) is 3.31. The number of hydrogen-bond acceptors (Lipinski definition) is 3. The number of aryl methyl sites for hydroxylation is 1. The van der Waals surface area contributed by atoms with Crippen molar-refractivity contribution in [3.05, 3.63) is 46.1 Å². The van der Waals surface area contributed by atoms with Gasteiger partial charge in [0.2, 0.25) is 0 Å². The van der Waals surface area contributed by atoms with E-state index in [9.17, 15) is 0 Å². The Morgan fingerprint density at radius 2 is 2.05 bits per heavy atom. The van der Waals surface area contributed by atoms with Crippen molar-refractivity contribution in [2.75, 3.05) is 6.54 Å². The van der Waals surface area contributed by atoms with Gasteiger partial charge in [0.1, 0.15) is 0 Å². The SMILES string of the molecule is Cc1csc2nc(-c3ccc(Cl)cc3)c(CCN)n12. The number of fused-ring (bicyclic) bond motifs is 1. The molecular weight excluding hydrogens is 278 g/mol. The standard InChI is InChI=1S/C14H14ClN3S/c1-9-8-19-14-17-13(12(6-7-16)18(9)14)10-2-4-11(15)5-3-10/h2-5,8H,6-7,16H2,1H3. The molecule has 3 nitrogen and oxygen atoms in total. The summed E-state index contributed by atoms with van der Waals surface area (Å²) in [5, 5.41) is 2.86. The Labute approximate surface area is 120 Å². The summed E-state index contributed by atoms with van der Waals surface area (Å²) in [6, 6.07) is 7.79. The van der Waals surface area contributed by atoms with Gasteiger partial charge in [0.15, 0.2) is 4.96 Å². The lowest BCUT2D eigenvalue weighted by Crippen LogP contribution is -2.06. The average molecular weight is 292 g/mol. The first-order valence-electron chi connectivity index (χ1n) is 6.12. The highest BCUT2D eigenvalue weighted by Crippen LogP contribution is 2.29. The highest BCUT2D eigenvalue weighted by Gasteiger charge is 2.15. The predicted molar refractivity (Wildman–Crippen MR) is 81.0 cm³/mol. The second kappa shape index (κ2) is 4.96. The van der Waals surface area contributed by atoms with E-state index in [2.05, 4.69) is 16.7 Å². The van der Waals surface area contributed by atoms with Crippen molar-refractivity contribution >= 4 is 27.9 Å². The van der Waals surface area contributed by atoms with Gasteiger partial charge in [-0.15, -0.1) is 11.3 Å². The minimum Gasteiger partial charge on any atom is -0.330 e. The molecule has 2 N–H and O–H groups in total. The molecule has 0 saturated heterocycles. The second-order valence-electron chi connectivity index (χ2n) is 4.45. The average Bonchev–Trinajstić information content (AvgIpc) is 2.93. The van der Waals surface area contributed by atoms with E-state index >= 15 is 0 Å². The lowest BCUT2D eigenvalue weighted by Gasteiger charge is -2.04. The number of rotatable bonds is 3. The van der Waals surface area contributed by atoms with Crippen LogP contribution in [0.1, 0.15) is 11.4 Å². The lowest BCUT2D eigenvalue weighted by molar-refractivity contribution is 0.898. The molecule has 0 unspecified atom stereocenters. The topological polar surface area (TPSA) is 43.3 Å². The van der Waals surface area contributed by atoms with Crippen LogP contribution in [-0.4, -0.2) is 15.9 Å². The fraction of sp³-hybridized carbons (Fsp3) is 0.214. The van der Waals surface area contributed by atoms with Gasteiger partial charge in [-0.1, -0.05) is 23.7 Å². The van der Waals surface area contributed by atoms with Gasteiger partial charge in [0, 0.05) is 28.1 Å². The van der Waals surface area contributed by atoms with E-state index in [0.717, 1.165) is 27.7 Å². The van der Waals surface area contributed by atoms with E-state index in [4.69, 9.17) is 22.3 Å². The fourth-order valence-electron chi connectivity index (χ4n) is 2.27. The summed E-state index contributed by atoms with van der Waals surface area (Å²) < 4.78 is 2.20. The van der Waals surface area contributed by atoms with Crippen molar-refractivity contribution in [2.24, 2.45) is 5.73 Å². The molecule has 2 aromatic heterocycles. The van der Waals surface area contributed by atoms with Crippen LogP contribution in [0.5, 0.6) is 0 Å². The zero-order chi connectivity index (χ0) is 13.4. The maximum Gasteiger partial charge on any atom is 0.194 e. The molecule has 2 heterocycles. The van der Waals surface area contributed by atoms with Crippen LogP contribution in [0.3, 0.4) is 0 Å². The number of hydrogen-bond donors (Lipinski definition) is 1. The van der Waals surface area contributed by atoms with Crippen LogP contribution >= 0.6 is 22.9 Å². The van der Waals surface area contributed by atoms with Gasteiger partial charge >= 0.3 is 0 Å². The number of benzene rings is 1. The molecule has 3 rings (SSSR count). The van der Waals surface area contributed by atoms with Crippen LogP contribution < -0.4 is 5.73 Å². The van der Waals surface area contributed by atoms with Crippen molar-refractivity contribution < 1.29 is 0 Å². The van der Waals surface area contributed by atoms with Crippen LogP contribution in [0, 0.1) is 6.92 Å². The molecule has 0 saturated carbocycles. The minimum atomic E-state index is 0.615. The van der Waals surface area contributed by atoms with Crippen molar-refractivity contribution in [1.82, 2.24) is 9.38 Å². The normalized spacial score (nSPS) is 11.3. The van der Waals surface area contributed by atoms with Gasteiger partial charge < -0.3 is 5.73 Å². The van der Waals surface area contributed by atoms with Gasteiger partial charge in [-0.05, 0) is 25.6 Å². The number of halogens is 1. The molecule has 0 aliphatic rings. The molecule has 0 bridgehead atoms. The van der Waals surface area contributed by atoms with E-state index in [1.807, 2.05) is 24.3 Å². The third-order valence-corrected chi connectivity index (χ3v) is 4.32. The quantitative estimate of drug-likeness (QED) is 0.802. The monoisotopic (exact) mass is 291 g/mol. The number of nitrogens with two attached hydrogens (primary N) is 1. The summed E-state index contributed by atoms with van der Waals surface area (Å²) in [7, 11) is 0. The van der Waals surface area contributed by atoms with Crippen LogP contribution in [-0.2, 0) is 6.42 Å². The molecule has 98 valence electrons. The first-order valence-corrected chi connectivity index (χ1v) is 7.38. The fourth-order valence-corrected chi connectivity index (χ4v) is 3.28. The van der Waals surface area contributed by atoms with Crippen LogP contribution in [0.25, 0.3) is 16.2 Å². The first-order chi connectivity index (χ1) is 9.20. The van der Waals surface area contributed by atoms with Crippen LogP contribution in [0.2, 0.25) is 5.02 Å². The second-order valence-corrected chi connectivity index (χ2v) is 5.72. The van der Waals surface area contributed by atoms with Crippen LogP contribution in [0.15, 0.2) is 29.6 Å². The molecule has 0 fully saturated rings. The Hall–Kier alpha value is -1.36. The smallest absolute Gasteiger partial charge is 0.194 e. The largest absolute Gasteiger partial charge is 0.330 e. The summed E-state index contributed by atoms with van der Waals surface area (Å²) in [6.07, 6.45) is 0.816. The molecule has 5 heteroatoms. The zero-order valence-electron chi connectivity index (χ0n) is 10.6. The van der Waals surface area contributed by atoms with Gasteiger partial charge in [0.25, 0.3) is 0 Å². The molecule has 0 atom stereocenters. The third kappa shape index (κ3) is 2.16. The van der Waals surface area contributed by atoms with Crippen molar-refractivity contribution in [2.45, 2.75) is 13.3 Å². The summed E-state index contributed by atoms with van der Waals surface area (Å²) in [5.74, 6) is 0. The first kappa shape index (κ1) is 12.7. The Balaban J connectivity index is 2.22. The van der Waals surface area contributed by atoms with Gasteiger partial charge in [0.05, 0.1) is 11.4 Å². The van der Waals surface area contributed by atoms with Gasteiger partial charge in [-0.3, -0.25) is 4.40 Å². The molecule has 1 aromatic carbocycles. The molecule has 19 heavy (non-hydrogen) atoms. The maximum atomic E-state index is 5.94. The molecular formula is C14H14ClN3S. The van der Waals surface area contributed by atoms with Crippen LogP contribution in [0.4, 0.5) is 0 Å². The molecule has 0 aliphatic heterocycles. The number of thiazole rings is 1. The van der Waals surface area contributed by atoms with E-state index in [-0.39, 0.29) is 0 Å². The lowest BCUT2D eigenvalue weighted by atomic mass is 10.1. The number of imidazole rings is 1. The molecule has 0 spiro atoms. The molecule has 0 amide bonds. The van der Waals surface area contributed by atoms with Crippen molar-refractivity contribution in [3.8, 4) is 11.3 Å². The Morgan fingerprint density at radius 1 is 1.32 bits per heavy atom. The minimum absolute atomic E-state index is 0.615. The van der Waals surface area contributed by atoms with Gasteiger partial charge in [-0.25, -0.2) is 4.98 Å².